The summed E-state index contributed by atoms with van der Waals surface area (Å²) in [5.41, 5.74) is 0.788. The van der Waals surface area contributed by atoms with Crippen molar-refractivity contribution in [2.24, 2.45) is 0 Å². The number of fused-ring (bicyclic) bond motifs is 1. The third kappa shape index (κ3) is 5.04. The zero-order chi connectivity index (χ0) is 19.2. The SMILES string of the molecule is O=C(COC(=O)CCC(=O)c1ccc(F)cc1)Nc1ccc2c(c1)OCO2. The van der Waals surface area contributed by atoms with Crippen LogP contribution in [0, 0.1) is 5.82 Å². The van der Waals surface area contributed by atoms with Crippen LogP contribution in [-0.4, -0.2) is 31.1 Å². The Morgan fingerprint density at radius 3 is 2.52 bits per heavy atom. The molecule has 8 heteroatoms. The molecule has 0 aliphatic carbocycles. The van der Waals surface area contributed by atoms with E-state index in [9.17, 15) is 18.8 Å². The average molecular weight is 373 g/mol. The number of ketones is 1. The van der Waals surface area contributed by atoms with Crippen LogP contribution in [0.2, 0.25) is 0 Å². The van der Waals surface area contributed by atoms with E-state index < -0.39 is 24.3 Å². The molecule has 0 unspecified atom stereocenters. The Labute approximate surface area is 154 Å². The topological polar surface area (TPSA) is 90.9 Å². The maximum Gasteiger partial charge on any atom is 0.306 e. The number of hydrogen-bond acceptors (Lipinski definition) is 6. The number of ether oxygens (including phenoxy) is 3. The highest BCUT2D eigenvalue weighted by atomic mass is 19.1. The molecule has 27 heavy (non-hydrogen) atoms. The lowest BCUT2D eigenvalue weighted by atomic mass is 10.1. The van der Waals surface area contributed by atoms with E-state index in [0.717, 1.165) is 0 Å². The molecule has 0 saturated heterocycles. The van der Waals surface area contributed by atoms with Crippen LogP contribution in [0.15, 0.2) is 42.5 Å². The number of benzene rings is 2. The van der Waals surface area contributed by atoms with Gasteiger partial charge in [0.05, 0.1) is 6.42 Å². The van der Waals surface area contributed by atoms with Gasteiger partial charge in [-0.05, 0) is 36.4 Å². The molecular weight excluding hydrogens is 357 g/mol. The van der Waals surface area contributed by atoms with Gasteiger partial charge < -0.3 is 19.5 Å². The Bertz CT molecular complexity index is 865. The standard InChI is InChI=1S/C19H16FNO6/c20-13-3-1-12(2-4-13)15(22)6-8-19(24)25-10-18(23)21-14-5-7-16-17(9-14)27-11-26-16/h1-5,7,9H,6,8,10-11H2,(H,21,23). The van der Waals surface area contributed by atoms with Gasteiger partial charge in [0.15, 0.2) is 23.9 Å². The van der Waals surface area contributed by atoms with Gasteiger partial charge in [0.25, 0.3) is 5.91 Å². The summed E-state index contributed by atoms with van der Waals surface area (Å²) in [4.78, 5) is 35.4. The summed E-state index contributed by atoms with van der Waals surface area (Å²) in [6.45, 7) is -0.348. The van der Waals surface area contributed by atoms with Crippen molar-refractivity contribution >= 4 is 23.3 Å². The van der Waals surface area contributed by atoms with Crippen LogP contribution in [0.5, 0.6) is 11.5 Å². The average Bonchev–Trinajstić information content (AvgIpc) is 3.13. The number of rotatable bonds is 7. The van der Waals surface area contributed by atoms with Crippen molar-refractivity contribution in [1.29, 1.82) is 0 Å². The predicted octanol–water partition coefficient (Wildman–Crippen LogP) is 2.70. The predicted molar refractivity (Wildman–Crippen MR) is 92.1 cm³/mol. The maximum atomic E-state index is 12.8. The Hall–Kier alpha value is -3.42. The number of hydrogen-bond donors (Lipinski definition) is 1. The number of amides is 1. The third-order valence-electron chi connectivity index (χ3n) is 3.74. The van der Waals surface area contributed by atoms with Gasteiger partial charge in [0, 0.05) is 23.7 Å². The fourth-order valence-electron chi connectivity index (χ4n) is 2.39. The van der Waals surface area contributed by atoms with Crippen molar-refractivity contribution in [3.63, 3.8) is 0 Å². The second-order valence-electron chi connectivity index (χ2n) is 5.71. The summed E-state index contributed by atoms with van der Waals surface area (Å²) >= 11 is 0. The minimum Gasteiger partial charge on any atom is -0.456 e. The van der Waals surface area contributed by atoms with E-state index in [0.29, 0.717) is 22.7 Å². The van der Waals surface area contributed by atoms with Crippen molar-refractivity contribution in [3.05, 3.63) is 53.8 Å². The van der Waals surface area contributed by atoms with E-state index in [4.69, 9.17) is 14.2 Å². The lowest BCUT2D eigenvalue weighted by molar-refractivity contribution is -0.147. The van der Waals surface area contributed by atoms with E-state index in [1.807, 2.05) is 0 Å². The van der Waals surface area contributed by atoms with Gasteiger partial charge in [0.2, 0.25) is 6.79 Å². The van der Waals surface area contributed by atoms with Gasteiger partial charge in [-0.2, -0.15) is 0 Å². The zero-order valence-corrected chi connectivity index (χ0v) is 14.2. The quantitative estimate of drug-likeness (QED) is 0.593. The molecule has 2 aromatic carbocycles. The smallest absolute Gasteiger partial charge is 0.306 e. The number of Topliss-reactive ketones (excluding diaryl/α,β-unsaturated/α-hetero) is 1. The van der Waals surface area contributed by atoms with E-state index in [-0.39, 0.29) is 25.4 Å². The molecule has 140 valence electrons. The number of carbonyl (C=O) groups excluding carboxylic acids is 3. The number of halogens is 1. The van der Waals surface area contributed by atoms with Gasteiger partial charge in [-0.3, -0.25) is 14.4 Å². The Morgan fingerprint density at radius 1 is 1.00 bits per heavy atom. The summed E-state index contributed by atoms with van der Waals surface area (Å²) in [7, 11) is 0. The normalized spacial score (nSPS) is 11.7. The monoisotopic (exact) mass is 373 g/mol. The number of nitrogens with one attached hydrogen (secondary N) is 1. The summed E-state index contributed by atoms with van der Waals surface area (Å²) in [6.07, 6.45) is -0.262. The minimum absolute atomic E-state index is 0.0890. The van der Waals surface area contributed by atoms with E-state index in [2.05, 4.69) is 5.32 Å². The number of carbonyl (C=O) groups is 3. The highest BCUT2D eigenvalue weighted by Crippen LogP contribution is 2.34. The van der Waals surface area contributed by atoms with Crippen molar-refractivity contribution in [2.75, 3.05) is 18.7 Å². The van der Waals surface area contributed by atoms with Crippen LogP contribution in [-0.2, 0) is 14.3 Å². The third-order valence-corrected chi connectivity index (χ3v) is 3.74. The maximum absolute atomic E-state index is 12.8. The van der Waals surface area contributed by atoms with Crippen LogP contribution in [0.1, 0.15) is 23.2 Å². The van der Waals surface area contributed by atoms with Crippen molar-refractivity contribution in [2.45, 2.75) is 12.8 Å². The van der Waals surface area contributed by atoms with Crippen molar-refractivity contribution in [3.8, 4) is 11.5 Å². The van der Waals surface area contributed by atoms with E-state index in [1.165, 1.54) is 24.3 Å². The molecule has 7 nitrogen and oxygen atoms in total. The molecule has 0 saturated carbocycles. The number of anilines is 1. The van der Waals surface area contributed by atoms with Crippen molar-refractivity contribution in [1.82, 2.24) is 0 Å². The molecule has 3 rings (SSSR count). The molecule has 0 fully saturated rings. The second kappa shape index (κ2) is 8.31. The van der Waals surface area contributed by atoms with Crippen LogP contribution in [0.25, 0.3) is 0 Å². The first-order chi connectivity index (χ1) is 13.0. The molecule has 1 N–H and O–H groups in total. The first-order valence-electron chi connectivity index (χ1n) is 8.15. The molecule has 0 bridgehead atoms. The molecule has 1 heterocycles. The van der Waals surface area contributed by atoms with Gasteiger partial charge in [-0.15, -0.1) is 0 Å². The first kappa shape index (κ1) is 18.4. The second-order valence-corrected chi connectivity index (χ2v) is 5.71. The molecule has 2 aromatic rings. The van der Waals surface area contributed by atoms with E-state index >= 15 is 0 Å². The van der Waals surface area contributed by atoms with Gasteiger partial charge in [0.1, 0.15) is 5.82 Å². The van der Waals surface area contributed by atoms with Gasteiger partial charge in [-0.25, -0.2) is 4.39 Å². The summed E-state index contributed by atoms with van der Waals surface area (Å²) in [5.74, 6) is -0.844. The van der Waals surface area contributed by atoms with Gasteiger partial charge in [-0.1, -0.05) is 0 Å². The highest BCUT2D eigenvalue weighted by Gasteiger charge is 2.15. The lowest BCUT2D eigenvalue weighted by Gasteiger charge is -2.07. The Morgan fingerprint density at radius 2 is 1.74 bits per heavy atom. The fraction of sp³-hybridized carbons (Fsp3) is 0.211. The van der Waals surface area contributed by atoms with Crippen LogP contribution in [0.3, 0.4) is 0 Å². The molecule has 0 radical (unpaired) electrons. The molecule has 0 spiro atoms. The molecule has 1 amide bonds. The largest absolute Gasteiger partial charge is 0.456 e. The summed E-state index contributed by atoms with van der Waals surface area (Å²) in [6, 6.07) is 9.94. The lowest BCUT2D eigenvalue weighted by Crippen LogP contribution is -2.21. The summed E-state index contributed by atoms with van der Waals surface area (Å²) in [5, 5.41) is 2.57. The Balaban J connectivity index is 1.40. The molecule has 0 atom stereocenters. The number of esters is 1. The van der Waals surface area contributed by atoms with E-state index in [1.54, 1.807) is 18.2 Å². The first-order valence-corrected chi connectivity index (χ1v) is 8.15. The molecule has 1 aliphatic rings. The zero-order valence-electron chi connectivity index (χ0n) is 14.2. The van der Waals surface area contributed by atoms with Gasteiger partial charge >= 0.3 is 5.97 Å². The Kier molecular flexibility index (Phi) is 5.65. The summed E-state index contributed by atoms with van der Waals surface area (Å²) < 4.78 is 28.1. The van der Waals surface area contributed by atoms with Crippen molar-refractivity contribution < 1.29 is 33.0 Å². The molecular formula is C19H16FNO6. The van der Waals surface area contributed by atoms with Crippen LogP contribution in [0.4, 0.5) is 10.1 Å². The fourth-order valence-corrected chi connectivity index (χ4v) is 2.39. The minimum atomic E-state index is -0.675. The van der Waals surface area contributed by atoms with Crippen LogP contribution >= 0.6 is 0 Å². The highest BCUT2D eigenvalue weighted by molar-refractivity contribution is 5.98. The van der Waals surface area contributed by atoms with Crippen LogP contribution < -0.4 is 14.8 Å². The molecule has 1 aliphatic heterocycles. The molecule has 0 aromatic heterocycles.